The van der Waals surface area contributed by atoms with Gasteiger partial charge in [-0.25, -0.2) is 14.4 Å². The standard InChI is InChI=1S/C24H28ClFN4.C3H7N.C2H6/c1-3-27-18-6-4-16(5-7-18)11-17-12-20-23(10-15(17)2)28-14-29-24(20)30-19-8-9-22(26)21(25)13-19;1-3-4-2;1-2/h8-10,12-14,16,18,27H,3-7,11H2,1-2H3,(H,28,29,30);3-4H,1H2,2H3;1-2H3. The quantitative estimate of drug-likeness (QED) is 0.304. The first kappa shape index (κ1) is 29.5. The zero-order chi connectivity index (χ0) is 26.5. The van der Waals surface area contributed by atoms with Gasteiger partial charge in [-0.3, -0.25) is 0 Å². The van der Waals surface area contributed by atoms with Crippen molar-refractivity contribution in [2.45, 2.75) is 65.8 Å². The van der Waals surface area contributed by atoms with E-state index < -0.39 is 5.82 Å². The Morgan fingerprint density at radius 3 is 2.42 bits per heavy atom. The van der Waals surface area contributed by atoms with E-state index >= 15 is 0 Å². The number of hydrogen-bond donors (Lipinski definition) is 3. The smallest absolute Gasteiger partial charge is 0.141 e. The largest absolute Gasteiger partial charge is 0.394 e. The zero-order valence-corrected chi connectivity index (χ0v) is 23.1. The number of halogens is 2. The first-order valence-corrected chi connectivity index (χ1v) is 13.3. The minimum atomic E-state index is -0.434. The van der Waals surface area contributed by atoms with Crippen molar-refractivity contribution in [1.29, 1.82) is 0 Å². The van der Waals surface area contributed by atoms with E-state index in [-0.39, 0.29) is 5.02 Å². The Hall–Kier alpha value is -2.70. The molecule has 2 aromatic carbocycles. The number of rotatable bonds is 7. The lowest BCUT2D eigenvalue weighted by Crippen LogP contribution is -2.33. The second-order valence-electron chi connectivity index (χ2n) is 8.74. The molecular formula is C29H41ClFN5. The average molecular weight is 514 g/mol. The van der Waals surface area contributed by atoms with Gasteiger partial charge in [-0.15, -0.1) is 0 Å². The van der Waals surface area contributed by atoms with E-state index in [1.54, 1.807) is 24.7 Å². The van der Waals surface area contributed by atoms with Gasteiger partial charge in [0.25, 0.3) is 0 Å². The van der Waals surface area contributed by atoms with Gasteiger partial charge in [0.05, 0.1) is 10.5 Å². The molecule has 1 saturated carbocycles. The number of hydrogen-bond acceptors (Lipinski definition) is 5. The fraction of sp³-hybridized carbons (Fsp3) is 0.448. The molecule has 1 fully saturated rings. The molecule has 36 heavy (non-hydrogen) atoms. The summed E-state index contributed by atoms with van der Waals surface area (Å²) in [6.07, 6.45) is 9.30. The maximum absolute atomic E-state index is 13.5. The minimum Gasteiger partial charge on any atom is -0.394 e. The van der Waals surface area contributed by atoms with Gasteiger partial charge in [-0.05, 0) is 99.1 Å². The highest BCUT2D eigenvalue weighted by molar-refractivity contribution is 6.31. The Kier molecular flexibility index (Phi) is 12.6. The molecule has 7 heteroatoms. The van der Waals surface area contributed by atoms with Crippen molar-refractivity contribution in [2.75, 3.05) is 18.9 Å². The molecule has 0 amide bonds. The molecule has 5 nitrogen and oxygen atoms in total. The number of nitrogens with one attached hydrogen (secondary N) is 3. The Morgan fingerprint density at radius 2 is 1.81 bits per heavy atom. The first-order valence-electron chi connectivity index (χ1n) is 12.9. The third kappa shape index (κ3) is 8.45. The molecule has 196 valence electrons. The van der Waals surface area contributed by atoms with Crippen LogP contribution in [0, 0.1) is 18.7 Å². The van der Waals surface area contributed by atoms with Gasteiger partial charge in [0.1, 0.15) is 18.0 Å². The second kappa shape index (κ2) is 15.4. The highest BCUT2D eigenvalue weighted by Crippen LogP contribution is 2.32. The first-order chi connectivity index (χ1) is 17.4. The van der Waals surface area contributed by atoms with Crippen LogP contribution in [0.25, 0.3) is 10.9 Å². The van der Waals surface area contributed by atoms with Crippen molar-refractivity contribution >= 4 is 34.0 Å². The normalized spacial score (nSPS) is 16.8. The van der Waals surface area contributed by atoms with E-state index in [4.69, 9.17) is 11.6 Å². The summed E-state index contributed by atoms with van der Waals surface area (Å²) in [4.78, 5) is 8.88. The molecule has 0 atom stereocenters. The van der Waals surface area contributed by atoms with Gasteiger partial charge in [-0.2, -0.15) is 0 Å². The molecule has 0 saturated heterocycles. The van der Waals surface area contributed by atoms with E-state index in [0.717, 1.165) is 23.9 Å². The zero-order valence-electron chi connectivity index (χ0n) is 22.3. The number of aryl methyl sites for hydroxylation is 1. The Bertz CT molecular complexity index is 1100. The van der Waals surface area contributed by atoms with Crippen molar-refractivity contribution in [3.05, 3.63) is 71.4 Å². The number of fused-ring (bicyclic) bond motifs is 1. The molecule has 0 bridgehead atoms. The summed E-state index contributed by atoms with van der Waals surface area (Å²) in [5.74, 6) is 0.990. The van der Waals surface area contributed by atoms with Gasteiger partial charge >= 0.3 is 0 Å². The lowest BCUT2D eigenvalue weighted by Gasteiger charge is -2.29. The summed E-state index contributed by atoms with van der Waals surface area (Å²) in [6.45, 7) is 12.8. The van der Waals surface area contributed by atoms with Crippen LogP contribution in [-0.4, -0.2) is 29.6 Å². The number of nitrogens with zero attached hydrogens (tertiary/aromatic N) is 2. The van der Waals surface area contributed by atoms with E-state index in [1.165, 1.54) is 42.9 Å². The summed E-state index contributed by atoms with van der Waals surface area (Å²) in [5, 5.41) is 10.6. The average Bonchev–Trinajstić information content (AvgIpc) is 2.90. The van der Waals surface area contributed by atoms with Crippen LogP contribution in [0.15, 0.2) is 49.4 Å². The van der Waals surface area contributed by atoms with Crippen LogP contribution in [0.1, 0.15) is 57.6 Å². The molecule has 0 aliphatic heterocycles. The van der Waals surface area contributed by atoms with Crippen molar-refractivity contribution in [3.63, 3.8) is 0 Å². The van der Waals surface area contributed by atoms with Crippen LogP contribution in [0.2, 0.25) is 5.02 Å². The highest BCUT2D eigenvalue weighted by atomic mass is 35.5. The molecule has 0 spiro atoms. The predicted octanol–water partition coefficient (Wildman–Crippen LogP) is 7.56. The molecule has 4 rings (SSSR count). The molecule has 0 unspecified atom stereocenters. The summed E-state index contributed by atoms with van der Waals surface area (Å²) in [6, 6.07) is 9.62. The number of aromatic nitrogens is 2. The third-order valence-electron chi connectivity index (χ3n) is 6.33. The Labute approximate surface area is 221 Å². The Balaban J connectivity index is 0.000000694. The van der Waals surface area contributed by atoms with E-state index in [1.807, 2.05) is 20.9 Å². The van der Waals surface area contributed by atoms with Crippen LogP contribution < -0.4 is 16.0 Å². The maximum Gasteiger partial charge on any atom is 0.141 e. The topological polar surface area (TPSA) is 61.9 Å². The van der Waals surface area contributed by atoms with Crippen molar-refractivity contribution in [3.8, 4) is 0 Å². The third-order valence-corrected chi connectivity index (χ3v) is 6.62. The summed E-state index contributed by atoms with van der Waals surface area (Å²) in [7, 11) is 1.81. The van der Waals surface area contributed by atoms with Crippen LogP contribution in [0.4, 0.5) is 15.9 Å². The Morgan fingerprint density at radius 1 is 1.11 bits per heavy atom. The highest BCUT2D eigenvalue weighted by Gasteiger charge is 2.21. The molecular weight excluding hydrogens is 473 g/mol. The number of anilines is 2. The van der Waals surface area contributed by atoms with E-state index in [0.29, 0.717) is 23.5 Å². The fourth-order valence-corrected chi connectivity index (χ4v) is 4.63. The molecule has 1 aromatic heterocycles. The monoisotopic (exact) mass is 513 g/mol. The SMILES string of the molecule is C=CNC.CC.CCNC1CCC(Cc2cc3c(Nc4ccc(F)c(Cl)c4)ncnc3cc2C)CC1. The van der Waals surface area contributed by atoms with Crippen LogP contribution in [-0.2, 0) is 6.42 Å². The molecule has 1 aliphatic rings. The maximum atomic E-state index is 13.5. The lowest BCUT2D eigenvalue weighted by molar-refractivity contribution is 0.293. The van der Waals surface area contributed by atoms with E-state index in [2.05, 4.69) is 58.5 Å². The summed E-state index contributed by atoms with van der Waals surface area (Å²) < 4.78 is 13.5. The molecule has 0 radical (unpaired) electrons. The molecule has 3 aromatic rings. The second-order valence-corrected chi connectivity index (χ2v) is 9.15. The van der Waals surface area contributed by atoms with Crippen LogP contribution in [0.3, 0.4) is 0 Å². The van der Waals surface area contributed by atoms with Gasteiger partial charge in [0, 0.05) is 24.2 Å². The number of benzene rings is 2. The lowest BCUT2D eigenvalue weighted by atomic mass is 9.81. The molecule has 1 aliphatic carbocycles. The molecule has 1 heterocycles. The van der Waals surface area contributed by atoms with Gasteiger partial charge < -0.3 is 16.0 Å². The molecule has 3 N–H and O–H groups in total. The van der Waals surface area contributed by atoms with Crippen molar-refractivity contribution < 1.29 is 4.39 Å². The fourth-order valence-electron chi connectivity index (χ4n) is 4.45. The van der Waals surface area contributed by atoms with Gasteiger partial charge in [0.15, 0.2) is 0 Å². The van der Waals surface area contributed by atoms with Crippen molar-refractivity contribution in [1.82, 2.24) is 20.6 Å². The van der Waals surface area contributed by atoms with Crippen molar-refractivity contribution in [2.24, 2.45) is 5.92 Å². The summed E-state index contributed by atoms with van der Waals surface area (Å²) in [5.41, 5.74) is 4.22. The minimum absolute atomic E-state index is 0.0862. The van der Waals surface area contributed by atoms with Crippen LogP contribution >= 0.6 is 11.6 Å². The van der Waals surface area contributed by atoms with Gasteiger partial charge in [0.2, 0.25) is 0 Å². The summed E-state index contributed by atoms with van der Waals surface area (Å²) >= 11 is 5.93. The van der Waals surface area contributed by atoms with Crippen LogP contribution in [0.5, 0.6) is 0 Å². The predicted molar refractivity (Wildman–Crippen MR) is 153 cm³/mol. The van der Waals surface area contributed by atoms with Gasteiger partial charge in [-0.1, -0.05) is 39.0 Å². The van der Waals surface area contributed by atoms with E-state index in [9.17, 15) is 4.39 Å².